The van der Waals surface area contributed by atoms with Crippen LogP contribution in [0.25, 0.3) is 11.3 Å². The molecule has 0 amide bonds. The van der Waals surface area contributed by atoms with Crippen LogP contribution in [0.2, 0.25) is 0 Å². The topological polar surface area (TPSA) is 72.0 Å². The average Bonchev–Trinajstić information content (AvgIpc) is 2.20. The minimum Gasteiger partial charge on any atom is -0.507 e. The monoisotopic (exact) mass is 187 g/mol. The minimum absolute atomic E-state index is 0.187. The second-order valence-electron chi connectivity index (χ2n) is 2.84. The Balaban J connectivity index is 2.50. The van der Waals surface area contributed by atoms with Gasteiger partial charge in [-0.2, -0.15) is 0 Å². The summed E-state index contributed by atoms with van der Waals surface area (Å²) in [6, 6.07) is 6.96. The summed E-state index contributed by atoms with van der Waals surface area (Å²) >= 11 is 0. The van der Waals surface area contributed by atoms with E-state index in [9.17, 15) is 5.11 Å². The van der Waals surface area contributed by atoms with Crippen molar-refractivity contribution in [3.63, 3.8) is 0 Å². The van der Waals surface area contributed by atoms with E-state index in [0.717, 1.165) is 0 Å². The second-order valence-corrected chi connectivity index (χ2v) is 2.84. The van der Waals surface area contributed by atoms with Crippen LogP contribution in [-0.2, 0) is 0 Å². The molecule has 1 aromatic carbocycles. The highest BCUT2D eigenvalue weighted by Gasteiger charge is 2.03. The van der Waals surface area contributed by atoms with Crippen molar-refractivity contribution in [3.05, 3.63) is 36.7 Å². The summed E-state index contributed by atoms with van der Waals surface area (Å²) in [7, 11) is 0. The number of anilines is 1. The van der Waals surface area contributed by atoms with Gasteiger partial charge in [-0.3, -0.25) is 4.98 Å². The van der Waals surface area contributed by atoms with E-state index in [2.05, 4.69) is 9.97 Å². The SMILES string of the molecule is Nc1cnc(-c2ccccc2O)cn1. The Morgan fingerprint density at radius 2 is 1.86 bits per heavy atom. The third-order valence-electron chi connectivity index (χ3n) is 1.85. The molecule has 2 rings (SSSR count). The number of nitrogens with zero attached hydrogens (tertiary/aromatic N) is 2. The molecule has 0 fully saturated rings. The minimum atomic E-state index is 0.187. The number of nitrogens with two attached hydrogens (primary N) is 1. The highest BCUT2D eigenvalue weighted by atomic mass is 16.3. The molecule has 0 spiro atoms. The molecular formula is C10H9N3O. The van der Waals surface area contributed by atoms with Gasteiger partial charge in [0, 0.05) is 5.56 Å². The number of aromatic hydroxyl groups is 1. The first-order valence-electron chi connectivity index (χ1n) is 4.13. The maximum atomic E-state index is 9.53. The molecule has 0 atom stereocenters. The maximum absolute atomic E-state index is 9.53. The van der Waals surface area contributed by atoms with Gasteiger partial charge < -0.3 is 10.8 Å². The molecule has 1 heterocycles. The molecule has 70 valence electrons. The van der Waals surface area contributed by atoms with Gasteiger partial charge in [0.1, 0.15) is 11.6 Å². The van der Waals surface area contributed by atoms with Gasteiger partial charge in [-0.1, -0.05) is 12.1 Å². The summed E-state index contributed by atoms with van der Waals surface area (Å²) in [6.07, 6.45) is 2.99. The number of aromatic nitrogens is 2. The van der Waals surface area contributed by atoms with E-state index in [4.69, 9.17) is 5.73 Å². The van der Waals surface area contributed by atoms with Crippen LogP contribution in [0.5, 0.6) is 5.75 Å². The van der Waals surface area contributed by atoms with Crippen molar-refractivity contribution in [2.24, 2.45) is 0 Å². The van der Waals surface area contributed by atoms with Crippen LogP contribution in [-0.4, -0.2) is 15.1 Å². The maximum Gasteiger partial charge on any atom is 0.141 e. The van der Waals surface area contributed by atoms with Gasteiger partial charge in [-0.15, -0.1) is 0 Å². The normalized spacial score (nSPS) is 10.0. The molecule has 0 radical (unpaired) electrons. The Bertz CT molecular complexity index is 439. The highest BCUT2D eigenvalue weighted by Crippen LogP contribution is 2.26. The summed E-state index contributed by atoms with van der Waals surface area (Å²) in [4.78, 5) is 7.96. The zero-order chi connectivity index (χ0) is 9.97. The van der Waals surface area contributed by atoms with Gasteiger partial charge in [-0.05, 0) is 12.1 Å². The fourth-order valence-electron chi connectivity index (χ4n) is 1.17. The first-order chi connectivity index (χ1) is 6.77. The van der Waals surface area contributed by atoms with Crippen molar-refractivity contribution >= 4 is 5.82 Å². The zero-order valence-electron chi connectivity index (χ0n) is 7.38. The fraction of sp³-hybridized carbons (Fsp3) is 0. The van der Waals surface area contributed by atoms with Gasteiger partial charge >= 0.3 is 0 Å². The largest absolute Gasteiger partial charge is 0.507 e. The summed E-state index contributed by atoms with van der Waals surface area (Å²) in [5.74, 6) is 0.552. The lowest BCUT2D eigenvalue weighted by molar-refractivity contribution is 0.477. The van der Waals surface area contributed by atoms with Crippen LogP contribution in [0.15, 0.2) is 36.7 Å². The molecule has 0 aliphatic rings. The van der Waals surface area contributed by atoms with Crippen molar-refractivity contribution in [2.45, 2.75) is 0 Å². The number of phenolic OH excluding ortho intramolecular Hbond substituents is 1. The first kappa shape index (κ1) is 8.50. The summed E-state index contributed by atoms with van der Waals surface area (Å²) < 4.78 is 0. The predicted molar refractivity (Wildman–Crippen MR) is 53.5 cm³/mol. The molecule has 0 saturated carbocycles. The molecule has 0 aliphatic carbocycles. The number of nitrogen functional groups attached to an aromatic ring is 1. The van der Waals surface area contributed by atoms with Crippen LogP contribution >= 0.6 is 0 Å². The van der Waals surface area contributed by atoms with Crippen molar-refractivity contribution in [1.29, 1.82) is 0 Å². The molecule has 0 bridgehead atoms. The third kappa shape index (κ3) is 1.50. The van der Waals surface area contributed by atoms with E-state index >= 15 is 0 Å². The molecule has 14 heavy (non-hydrogen) atoms. The van der Waals surface area contributed by atoms with Gasteiger partial charge in [0.05, 0.1) is 18.1 Å². The summed E-state index contributed by atoms with van der Waals surface area (Å²) in [6.45, 7) is 0. The number of hydrogen-bond donors (Lipinski definition) is 2. The van der Waals surface area contributed by atoms with E-state index < -0.39 is 0 Å². The van der Waals surface area contributed by atoms with Crippen LogP contribution < -0.4 is 5.73 Å². The molecular weight excluding hydrogens is 178 g/mol. The molecule has 3 N–H and O–H groups in total. The van der Waals surface area contributed by atoms with Crippen molar-refractivity contribution in [3.8, 4) is 17.0 Å². The van der Waals surface area contributed by atoms with Gasteiger partial charge in [0.2, 0.25) is 0 Å². The molecule has 4 heteroatoms. The standard InChI is InChI=1S/C10H9N3O/c11-10-6-12-8(5-13-10)7-3-1-2-4-9(7)14/h1-6,14H,(H2,11,13). The van der Waals surface area contributed by atoms with Crippen LogP contribution in [0, 0.1) is 0 Å². The van der Waals surface area contributed by atoms with Crippen molar-refractivity contribution < 1.29 is 5.11 Å². The summed E-state index contributed by atoms with van der Waals surface area (Å²) in [5, 5.41) is 9.53. The molecule has 4 nitrogen and oxygen atoms in total. The van der Waals surface area contributed by atoms with E-state index in [-0.39, 0.29) is 5.75 Å². The van der Waals surface area contributed by atoms with Crippen molar-refractivity contribution in [2.75, 3.05) is 5.73 Å². The van der Waals surface area contributed by atoms with Gasteiger partial charge in [-0.25, -0.2) is 4.98 Å². The van der Waals surface area contributed by atoms with E-state index in [0.29, 0.717) is 17.1 Å². The lowest BCUT2D eigenvalue weighted by Crippen LogP contribution is -1.92. The highest BCUT2D eigenvalue weighted by molar-refractivity contribution is 5.65. The molecule has 2 aromatic rings. The first-order valence-corrected chi connectivity index (χ1v) is 4.13. The molecule has 1 aromatic heterocycles. The average molecular weight is 187 g/mol. The lowest BCUT2D eigenvalue weighted by Gasteiger charge is -2.02. The number of phenols is 1. The number of para-hydroxylation sites is 1. The fourth-order valence-corrected chi connectivity index (χ4v) is 1.17. The van der Waals surface area contributed by atoms with Crippen molar-refractivity contribution in [1.82, 2.24) is 9.97 Å². The Labute approximate surface area is 81.1 Å². The van der Waals surface area contributed by atoms with E-state index in [1.807, 2.05) is 6.07 Å². The number of benzene rings is 1. The Morgan fingerprint density at radius 3 is 2.50 bits per heavy atom. The quantitative estimate of drug-likeness (QED) is 0.708. The Morgan fingerprint density at radius 1 is 1.07 bits per heavy atom. The third-order valence-corrected chi connectivity index (χ3v) is 1.85. The molecule has 0 saturated heterocycles. The second kappa shape index (κ2) is 3.33. The van der Waals surface area contributed by atoms with Crippen LogP contribution in [0.4, 0.5) is 5.82 Å². The number of rotatable bonds is 1. The zero-order valence-corrected chi connectivity index (χ0v) is 7.38. The predicted octanol–water partition coefficient (Wildman–Crippen LogP) is 1.43. The Hall–Kier alpha value is -2.10. The molecule has 0 unspecified atom stereocenters. The number of hydrogen-bond acceptors (Lipinski definition) is 4. The Kier molecular flexibility index (Phi) is 2.02. The van der Waals surface area contributed by atoms with Gasteiger partial charge in [0.15, 0.2) is 0 Å². The van der Waals surface area contributed by atoms with E-state index in [1.165, 1.54) is 12.4 Å². The van der Waals surface area contributed by atoms with Crippen LogP contribution in [0.3, 0.4) is 0 Å². The van der Waals surface area contributed by atoms with Gasteiger partial charge in [0.25, 0.3) is 0 Å². The van der Waals surface area contributed by atoms with E-state index in [1.54, 1.807) is 18.2 Å². The molecule has 0 aliphatic heterocycles. The lowest BCUT2D eigenvalue weighted by atomic mass is 10.1. The summed E-state index contributed by atoms with van der Waals surface area (Å²) in [5.41, 5.74) is 6.67. The van der Waals surface area contributed by atoms with Crippen LogP contribution in [0.1, 0.15) is 0 Å². The smallest absolute Gasteiger partial charge is 0.141 e.